The van der Waals surface area contributed by atoms with Crippen LogP contribution in [0.25, 0.3) is 0 Å². The highest BCUT2D eigenvalue weighted by Crippen LogP contribution is 2.30. The monoisotopic (exact) mass is 342 g/mol. The van der Waals surface area contributed by atoms with Crippen molar-refractivity contribution < 1.29 is 9.53 Å². The van der Waals surface area contributed by atoms with E-state index in [9.17, 15) is 4.79 Å². The molecule has 0 spiro atoms. The fourth-order valence-corrected chi connectivity index (χ4v) is 2.48. The van der Waals surface area contributed by atoms with Gasteiger partial charge in [-0.25, -0.2) is 4.98 Å². The second kappa shape index (κ2) is 7.69. The Morgan fingerprint density at radius 1 is 1.44 bits per heavy atom. The zero-order valence-corrected chi connectivity index (χ0v) is 14.1. The molecule has 0 atom stereocenters. The maximum atomic E-state index is 11.5. The number of primary amides is 1. The van der Waals surface area contributed by atoms with Crippen molar-refractivity contribution in [3.63, 3.8) is 0 Å². The molecule has 8 heteroatoms. The molecule has 0 saturated heterocycles. The lowest BCUT2D eigenvalue weighted by molar-refractivity contribution is 0.100. The molecule has 1 aliphatic rings. The molecule has 0 saturated carbocycles. The number of nitrogens with one attached hydrogen (secondary N) is 3. The molecule has 25 heavy (non-hydrogen) atoms. The summed E-state index contributed by atoms with van der Waals surface area (Å²) in [7, 11) is 0. The van der Waals surface area contributed by atoms with Crippen LogP contribution < -0.4 is 26.4 Å². The zero-order chi connectivity index (χ0) is 17.6. The fraction of sp³-hybridized carbons (Fsp3) is 0.353. The third-order valence-electron chi connectivity index (χ3n) is 3.73. The number of carbonyl (C=O) groups is 1. The first-order valence-corrected chi connectivity index (χ1v) is 8.36. The van der Waals surface area contributed by atoms with Crippen molar-refractivity contribution in [1.82, 2.24) is 9.97 Å². The van der Waals surface area contributed by atoms with E-state index in [1.807, 2.05) is 25.1 Å². The minimum Gasteiger partial charge on any atom is -0.491 e. The Balaban J connectivity index is 1.82. The van der Waals surface area contributed by atoms with E-state index in [-0.39, 0.29) is 5.56 Å². The highest BCUT2D eigenvalue weighted by molar-refractivity contribution is 5.97. The lowest BCUT2D eigenvalue weighted by Crippen LogP contribution is -2.17. The number of aromatic nitrogens is 2. The molecule has 1 aromatic carbocycles. The molecule has 5 N–H and O–H groups in total. The number of amides is 1. The third-order valence-corrected chi connectivity index (χ3v) is 3.73. The van der Waals surface area contributed by atoms with Crippen LogP contribution in [-0.2, 0) is 0 Å². The van der Waals surface area contributed by atoms with Gasteiger partial charge in [0.2, 0.25) is 5.95 Å². The number of carbonyl (C=O) groups excluding carboxylic acids is 1. The first kappa shape index (κ1) is 16.8. The summed E-state index contributed by atoms with van der Waals surface area (Å²) in [5.41, 5.74) is 7.41. The van der Waals surface area contributed by atoms with Crippen molar-refractivity contribution in [3.8, 4) is 5.75 Å². The van der Waals surface area contributed by atoms with Gasteiger partial charge in [0, 0.05) is 25.0 Å². The van der Waals surface area contributed by atoms with Crippen molar-refractivity contribution in [2.45, 2.75) is 19.8 Å². The first-order chi connectivity index (χ1) is 12.2. The molecular formula is C17H22N6O2. The van der Waals surface area contributed by atoms with Gasteiger partial charge in [-0.1, -0.05) is 6.92 Å². The second-order valence-electron chi connectivity index (χ2n) is 5.71. The summed E-state index contributed by atoms with van der Waals surface area (Å²) in [5.74, 6) is 1.09. The van der Waals surface area contributed by atoms with Crippen LogP contribution in [0.1, 0.15) is 30.1 Å². The van der Waals surface area contributed by atoms with E-state index in [1.54, 1.807) is 0 Å². The largest absolute Gasteiger partial charge is 0.491 e. The Hall–Kier alpha value is -3.03. The molecule has 0 radical (unpaired) electrons. The third kappa shape index (κ3) is 4.09. The quantitative estimate of drug-likeness (QED) is 0.637. The van der Waals surface area contributed by atoms with Crippen LogP contribution in [0.2, 0.25) is 0 Å². The van der Waals surface area contributed by atoms with Crippen molar-refractivity contribution in [2.75, 3.05) is 35.6 Å². The molecule has 0 bridgehead atoms. The summed E-state index contributed by atoms with van der Waals surface area (Å²) in [5, 5.41) is 9.59. The summed E-state index contributed by atoms with van der Waals surface area (Å²) in [6.07, 6.45) is 3.30. The molecule has 0 aliphatic carbocycles. The second-order valence-corrected chi connectivity index (χ2v) is 5.71. The van der Waals surface area contributed by atoms with Crippen LogP contribution in [0.15, 0.2) is 24.4 Å². The average Bonchev–Trinajstić information content (AvgIpc) is 2.84. The van der Waals surface area contributed by atoms with Gasteiger partial charge < -0.3 is 26.4 Å². The Bertz CT molecular complexity index is 765. The van der Waals surface area contributed by atoms with E-state index in [0.29, 0.717) is 24.9 Å². The van der Waals surface area contributed by atoms with Gasteiger partial charge in [0.25, 0.3) is 5.91 Å². The number of anilines is 4. The minimum absolute atomic E-state index is 0.274. The van der Waals surface area contributed by atoms with E-state index >= 15 is 0 Å². The summed E-state index contributed by atoms with van der Waals surface area (Å²) in [6.45, 7) is 4.29. The molecule has 0 unspecified atom stereocenters. The van der Waals surface area contributed by atoms with Crippen molar-refractivity contribution in [2.24, 2.45) is 5.73 Å². The van der Waals surface area contributed by atoms with E-state index in [1.165, 1.54) is 6.20 Å². The van der Waals surface area contributed by atoms with Gasteiger partial charge >= 0.3 is 0 Å². The van der Waals surface area contributed by atoms with E-state index in [2.05, 4.69) is 25.9 Å². The number of benzene rings is 1. The van der Waals surface area contributed by atoms with Gasteiger partial charge in [0.1, 0.15) is 11.6 Å². The molecule has 8 nitrogen and oxygen atoms in total. The van der Waals surface area contributed by atoms with Gasteiger partial charge in [-0.15, -0.1) is 0 Å². The SMILES string of the molecule is CCCNc1nc(Nc2ccc3c(c2)NCCCO3)ncc1C(N)=O. The van der Waals surface area contributed by atoms with Crippen LogP contribution >= 0.6 is 0 Å². The predicted molar refractivity (Wildman–Crippen MR) is 97.7 cm³/mol. The summed E-state index contributed by atoms with van der Waals surface area (Å²) in [4.78, 5) is 20.1. The number of nitrogens with zero attached hydrogens (tertiary/aromatic N) is 2. The van der Waals surface area contributed by atoms with Crippen molar-refractivity contribution in [1.29, 1.82) is 0 Å². The normalized spacial score (nSPS) is 13.0. The number of ether oxygens (including phenoxy) is 1. The molecule has 1 amide bonds. The Morgan fingerprint density at radius 3 is 3.12 bits per heavy atom. The molecule has 1 aromatic heterocycles. The molecule has 1 aliphatic heterocycles. The van der Waals surface area contributed by atoms with E-state index in [4.69, 9.17) is 10.5 Å². The molecular weight excluding hydrogens is 320 g/mol. The van der Waals surface area contributed by atoms with Crippen LogP contribution in [-0.4, -0.2) is 35.6 Å². The maximum absolute atomic E-state index is 11.5. The number of nitrogens with two attached hydrogens (primary N) is 1. The van der Waals surface area contributed by atoms with Crippen LogP contribution in [0.4, 0.5) is 23.1 Å². The maximum Gasteiger partial charge on any atom is 0.254 e. The highest BCUT2D eigenvalue weighted by Gasteiger charge is 2.13. The Kier molecular flexibility index (Phi) is 5.17. The van der Waals surface area contributed by atoms with Gasteiger partial charge in [-0.2, -0.15) is 4.98 Å². The number of fused-ring (bicyclic) bond motifs is 1. The summed E-state index contributed by atoms with van der Waals surface area (Å²) in [6, 6.07) is 5.76. The van der Waals surface area contributed by atoms with Gasteiger partial charge in [-0.05, 0) is 31.0 Å². The van der Waals surface area contributed by atoms with Crippen molar-refractivity contribution in [3.05, 3.63) is 30.0 Å². The van der Waals surface area contributed by atoms with Crippen LogP contribution in [0.3, 0.4) is 0 Å². The number of rotatable bonds is 6. The molecule has 132 valence electrons. The number of hydrogen-bond donors (Lipinski definition) is 4. The first-order valence-electron chi connectivity index (χ1n) is 8.36. The predicted octanol–water partition coefficient (Wildman–Crippen LogP) is 2.34. The van der Waals surface area contributed by atoms with Gasteiger partial charge in [-0.3, -0.25) is 4.79 Å². The fourth-order valence-electron chi connectivity index (χ4n) is 2.48. The van der Waals surface area contributed by atoms with E-state index < -0.39 is 5.91 Å². The topological polar surface area (TPSA) is 114 Å². The molecule has 3 rings (SSSR count). The standard InChI is InChI=1S/C17H22N6O2/c1-2-6-20-16-12(15(18)24)10-21-17(23-16)22-11-4-5-14-13(9-11)19-7-3-8-25-14/h4-5,9-10,19H,2-3,6-8H2,1H3,(H2,18,24)(H2,20,21,22,23). The van der Waals surface area contributed by atoms with E-state index in [0.717, 1.165) is 36.5 Å². The smallest absolute Gasteiger partial charge is 0.254 e. The summed E-state index contributed by atoms with van der Waals surface area (Å²) >= 11 is 0. The zero-order valence-electron chi connectivity index (χ0n) is 14.1. The Morgan fingerprint density at radius 2 is 2.32 bits per heavy atom. The van der Waals surface area contributed by atoms with Gasteiger partial charge in [0.15, 0.2) is 0 Å². The molecule has 2 heterocycles. The molecule has 2 aromatic rings. The number of hydrogen-bond acceptors (Lipinski definition) is 7. The average molecular weight is 342 g/mol. The lowest BCUT2D eigenvalue weighted by Gasteiger charge is -2.13. The molecule has 0 fully saturated rings. The van der Waals surface area contributed by atoms with Gasteiger partial charge in [0.05, 0.1) is 17.9 Å². The van der Waals surface area contributed by atoms with Crippen LogP contribution in [0.5, 0.6) is 5.75 Å². The highest BCUT2D eigenvalue weighted by atomic mass is 16.5. The Labute approximate surface area is 146 Å². The lowest BCUT2D eigenvalue weighted by atomic mass is 10.2. The van der Waals surface area contributed by atoms with Crippen molar-refractivity contribution >= 4 is 29.0 Å². The van der Waals surface area contributed by atoms with Crippen LogP contribution in [0, 0.1) is 0 Å². The minimum atomic E-state index is -0.559. The summed E-state index contributed by atoms with van der Waals surface area (Å²) < 4.78 is 5.68.